The molecule has 96 valence electrons. The normalized spacial score (nSPS) is 10.7. The summed E-state index contributed by atoms with van der Waals surface area (Å²) in [6.45, 7) is 5.20. The van der Waals surface area contributed by atoms with Crippen molar-refractivity contribution in [2.75, 3.05) is 10.3 Å². The molecule has 0 unspecified atom stereocenters. The number of nitrogen functional groups attached to an aromatic ring is 1. The van der Waals surface area contributed by atoms with E-state index in [0.717, 1.165) is 12.4 Å². The second kappa shape index (κ2) is 5.84. The van der Waals surface area contributed by atoms with Gasteiger partial charge in [-0.2, -0.15) is 0 Å². The van der Waals surface area contributed by atoms with Crippen LogP contribution in [0.2, 0.25) is 0 Å². The minimum Gasteiger partial charge on any atom is -0.349 e. The number of anilines is 2. The molecule has 0 saturated carbocycles. The average Bonchev–Trinajstić information content (AvgIpc) is 2.88. The molecule has 18 heavy (non-hydrogen) atoms. The molecule has 0 atom stereocenters. The Balaban J connectivity index is 2.23. The zero-order chi connectivity index (χ0) is 13.0. The number of nitrogens with one attached hydrogen (secondary N) is 1. The first-order valence-corrected chi connectivity index (χ1v) is 6.81. The fourth-order valence-corrected chi connectivity index (χ4v) is 2.46. The number of thiophene rings is 1. The molecular formula is C13H18N4S. The van der Waals surface area contributed by atoms with Crippen LogP contribution in [0.3, 0.4) is 0 Å². The Morgan fingerprint density at radius 1 is 1.33 bits per heavy atom. The third-order valence-corrected chi connectivity index (χ3v) is 3.57. The molecule has 0 bridgehead atoms. The Bertz CT molecular complexity index is 481. The van der Waals surface area contributed by atoms with Crippen LogP contribution in [0, 0.1) is 0 Å². The molecular weight excluding hydrogens is 244 g/mol. The number of pyridine rings is 1. The van der Waals surface area contributed by atoms with Gasteiger partial charge in [0.05, 0.1) is 6.54 Å². The van der Waals surface area contributed by atoms with Crippen molar-refractivity contribution in [3.05, 3.63) is 40.6 Å². The van der Waals surface area contributed by atoms with Gasteiger partial charge in [0.25, 0.3) is 0 Å². The second-order valence-electron chi connectivity index (χ2n) is 4.33. The molecule has 2 aromatic heterocycles. The average molecular weight is 262 g/mol. The second-order valence-corrected chi connectivity index (χ2v) is 5.36. The van der Waals surface area contributed by atoms with Crippen LogP contribution in [-0.4, -0.2) is 11.0 Å². The van der Waals surface area contributed by atoms with Crippen LogP contribution in [0.5, 0.6) is 0 Å². The van der Waals surface area contributed by atoms with E-state index in [4.69, 9.17) is 5.84 Å². The van der Waals surface area contributed by atoms with Crippen molar-refractivity contribution < 1.29 is 0 Å². The monoisotopic (exact) mass is 262 g/mol. The van der Waals surface area contributed by atoms with Gasteiger partial charge in [0.2, 0.25) is 0 Å². The Labute approximate surface area is 111 Å². The van der Waals surface area contributed by atoms with Gasteiger partial charge in [-0.15, -0.1) is 11.3 Å². The first-order chi connectivity index (χ1) is 8.70. The SMILES string of the molecule is CC(C)N(Cc1cccs1)c1cccc(NN)n1. The summed E-state index contributed by atoms with van der Waals surface area (Å²) in [6.07, 6.45) is 0. The van der Waals surface area contributed by atoms with Crippen LogP contribution in [0.15, 0.2) is 35.7 Å². The predicted octanol–water partition coefficient (Wildman–Crippen LogP) is 2.84. The van der Waals surface area contributed by atoms with Crippen molar-refractivity contribution in [1.82, 2.24) is 4.98 Å². The minimum absolute atomic E-state index is 0.382. The molecule has 2 heterocycles. The minimum atomic E-state index is 0.382. The molecule has 2 aromatic rings. The summed E-state index contributed by atoms with van der Waals surface area (Å²) in [5, 5.41) is 2.10. The number of nitrogens with zero attached hydrogens (tertiary/aromatic N) is 2. The highest BCUT2D eigenvalue weighted by Gasteiger charge is 2.13. The lowest BCUT2D eigenvalue weighted by molar-refractivity contribution is 0.677. The number of hydrogen-bond donors (Lipinski definition) is 2. The maximum absolute atomic E-state index is 5.40. The third-order valence-electron chi connectivity index (χ3n) is 2.71. The van der Waals surface area contributed by atoms with Crippen LogP contribution in [-0.2, 0) is 6.54 Å². The molecule has 5 heteroatoms. The van der Waals surface area contributed by atoms with E-state index >= 15 is 0 Å². The number of aromatic nitrogens is 1. The van der Waals surface area contributed by atoms with E-state index in [-0.39, 0.29) is 0 Å². The highest BCUT2D eigenvalue weighted by Crippen LogP contribution is 2.21. The molecule has 2 rings (SSSR count). The summed E-state index contributed by atoms with van der Waals surface area (Å²) in [5.41, 5.74) is 2.58. The maximum Gasteiger partial charge on any atom is 0.142 e. The lowest BCUT2D eigenvalue weighted by Gasteiger charge is -2.27. The van der Waals surface area contributed by atoms with E-state index in [9.17, 15) is 0 Å². The molecule has 3 N–H and O–H groups in total. The quantitative estimate of drug-likeness (QED) is 0.642. The molecule has 0 spiro atoms. The zero-order valence-electron chi connectivity index (χ0n) is 10.6. The molecule has 0 radical (unpaired) electrons. The van der Waals surface area contributed by atoms with E-state index in [0.29, 0.717) is 11.9 Å². The topological polar surface area (TPSA) is 54.2 Å². The largest absolute Gasteiger partial charge is 0.349 e. The predicted molar refractivity (Wildman–Crippen MR) is 77.7 cm³/mol. The number of rotatable bonds is 5. The zero-order valence-corrected chi connectivity index (χ0v) is 11.4. The Morgan fingerprint density at radius 2 is 2.17 bits per heavy atom. The van der Waals surface area contributed by atoms with Crippen molar-refractivity contribution in [1.29, 1.82) is 0 Å². The molecule has 0 amide bonds. The molecule has 0 saturated heterocycles. The van der Waals surface area contributed by atoms with Crippen LogP contribution in [0.4, 0.5) is 11.6 Å². The van der Waals surface area contributed by atoms with Gasteiger partial charge >= 0.3 is 0 Å². The van der Waals surface area contributed by atoms with Gasteiger partial charge in [-0.25, -0.2) is 10.8 Å². The fraction of sp³-hybridized carbons (Fsp3) is 0.308. The number of hydrogen-bond acceptors (Lipinski definition) is 5. The summed E-state index contributed by atoms with van der Waals surface area (Å²) in [7, 11) is 0. The van der Waals surface area contributed by atoms with E-state index in [1.807, 2.05) is 18.2 Å². The summed E-state index contributed by atoms with van der Waals surface area (Å²) < 4.78 is 0. The number of nitrogens with two attached hydrogens (primary N) is 1. The van der Waals surface area contributed by atoms with E-state index < -0.39 is 0 Å². The summed E-state index contributed by atoms with van der Waals surface area (Å²) in [6, 6.07) is 10.4. The highest BCUT2D eigenvalue weighted by molar-refractivity contribution is 7.09. The standard InChI is InChI=1S/C13H18N4S/c1-10(2)17(9-11-5-4-8-18-11)13-7-3-6-12(15-13)16-14/h3-8,10H,9,14H2,1-2H3,(H,15,16). The van der Waals surface area contributed by atoms with Crippen molar-refractivity contribution in [2.24, 2.45) is 5.84 Å². The van der Waals surface area contributed by atoms with Crippen molar-refractivity contribution in [3.63, 3.8) is 0 Å². The highest BCUT2D eigenvalue weighted by atomic mass is 32.1. The first kappa shape index (κ1) is 12.9. The lowest BCUT2D eigenvalue weighted by atomic mass is 10.3. The van der Waals surface area contributed by atoms with E-state index in [1.54, 1.807) is 11.3 Å². The molecule has 0 aliphatic heterocycles. The van der Waals surface area contributed by atoms with Gasteiger partial charge in [-0.1, -0.05) is 12.1 Å². The fourth-order valence-electron chi connectivity index (χ4n) is 1.76. The lowest BCUT2D eigenvalue weighted by Crippen LogP contribution is -2.30. The molecule has 0 aliphatic rings. The van der Waals surface area contributed by atoms with Crippen molar-refractivity contribution >= 4 is 23.0 Å². The Morgan fingerprint density at radius 3 is 2.78 bits per heavy atom. The molecule has 0 aromatic carbocycles. The van der Waals surface area contributed by atoms with Crippen LogP contribution in [0.25, 0.3) is 0 Å². The third kappa shape index (κ3) is 3.00. The van der Waals surface area contributed by atoms with Crippen LogP contribution < -0.4 is 16.2 Å². The van der Waals surface area contributed by atoms with Gasteiger partial charge < -0.3 is 10.3 Å². The van der Waals surface area contributed by atoms with Gasteiger partial charge in [-0.05, 0) is 37.4 Å². The number of hydrazine groups is 1. The van der Waals surface area contributed by atoms with E-state index in [1.165, 1.54) is 4.88 Å². The molecule has 0 aliphatic carbocycles. The van der Waals surface area contributed by atoms with Crippen LogP contribution >= 0.6 is 11.3 Å². The van der Waals surface area contributed by atoms with Crippen molar-refractivity contribution in [2.45, 2.75) is 26.4 Å². The van der Waals surface area contributed by atoms with Crippen LogP contribution in [0.1, 0.15) is 18.7 Å². The van der Waals surface area contributed by atoms with Crippen molar-refractivity contribution in [3.8, 4) is 0 Å². The van der Waals surface area contributed by atoms with Gasteiger partial charge in [0.15, 0.2) is 0 Å². The Hall–Kier alpha value is -1.59. The summed E-state index contributed by atoms with van der Waals surface area (Å²) >= 11 is 1.76. The molecule has 4 nitrogen and oxygen atoms in total. The van der Waals surface area contributed by atoms with E-state index in [2.05, 4.69) is 46.7 Å². The first-order valence-electron chi connectivity index (χ1n) is 5.93. The molecule has 0 fully saturated rings. The van der Waals surface area contributed by atoms with Gasteiger partial charge in [0, 0.05) is 10.9 Å². The van der Waals surface area contributed by atoms with Gasteiger partial charge in [-0.3, -0.25) is 0 Å². The smallest absolute Gasteiger partial charge is 0.142 e. The Kier molecular flexibility index (Phi) is 4.17. The summed E-state index contributed by atoms with van der Waals surface area (Å²) in [5.74, 6) is 7.03. The maximum atomic E-state index is 5.40. The van der Waals surface area contributed by atoms with Gasteiger partial charge in [0.1, 0.15) is 11.6 Å². The summed E-state index contributed by atoms with van der Waals surface area (Å²) in [4.78, 5) is 8.07.